The van der Waals surface area contributed by atoms with Crippen LogP contribution >= 0.6 is 24.2 Å². The van der Waals surface area contributed by atoms with E-state index in [1.807, 2.05) is 30.5 Å². The van der Waals surface area contributed by atoms with Gasteiger partial charge in [-0.1, -0.05) is 17.8 Å². The molecule has 0 spiro atoms. The number of hydrogen-bond donors (Lipinski definition) is 1. The summed E-state index contributed by atoms with van der Waals surface area (Å²) >= 11 is 1.02. The van der Waals surface area contributed by atoms with Gasteiger partial charge in [0.05, 0.1) is 36.3 Å². The molecule has 33 heavy (non-hydrogen) atoms. The predicted molar refractivity (Wildman–Crippen MR) is 131 cm³/mol. The number of carbonyl (C=O) groups is 3. The molecule has 0 radical (unpaired) electrons. The van der Waals surface area contributed by atoms with Gasteiger partial charge in [-0.3, -0.25) is 29.2 Å². The summed E-state index contributed by atoms with van der Waals surface area (Å²) in [6.07, 6.45) is 6.07. The van der Waals surface area contributed by atoms with Gasteiger partial charge in [0, 0.05) is 43.0 Å². The number of anilines is 1. The highest BCUT2D eigenvalue weighted by Crippen LogP contribution is 2.35. The number of amides is 3. The fourth-order valence-electron chi connectivity index (χ4n) is 4.37. The van der Waals surface area contributed by atoms with Gasteiger partial charge in [-0.05, 0) is 36.8 Å². The van der Waals surface area contributed by atoms with Gasteiger partial charge in [0.25, 0.3) is 11.1 Å². The Morgan fingerprint density at radius 1 is 1.30 bits per heavy atom. The lowest BCUT2D eigenvalue weighted by atomic mass is 10.0. The first-order valence-corrected chi connectivity index (χ1v) is 11.7. The summed E-state index contributed by atoms with van der Waals surface area (Å²) in [7, 11) is 0. The van der Waals surface area contributed by atoms with Crippen molar-refractivity contribution in [2.45, 2.75) is 19.6 Å². The van der Waals surface area contributed by atoms with E-state index in [9.17, 15) is 14.4 Å². The molecule has 1 aromatic carbocycles. The van der Waals surface area contributed by atoms with Gasteiger partial charge in [-0.2, -0.15) is 0 Å². The molecule has 2 unspecified atom stereocenters. The molecule has 4 aliphatic heterocycles. The molecule has 10 heteroatoms. The minimum Gasteiger partial charge on any atom is -0.376 e. The van der Waals surface area contributed by atoms with Crippen LogP contribution in [0.25, 0.3) is 5.57 Å². The summed E-state index contributed by atoms with van der Waals surface area (Å²) < 4.78 is 5.60. The molecule has 174 valence electrons. The van der Waals surface area contributed by atoms with Gasteiger partial charge in [0.15, 0.2) is 0 Å². The molecule has 2 fully saturated rings. The number of allylic oxidation sites excluding steroid dienone is 1. The first-order valence-electron chi connectivity index (χ1n) is 10.7. The van der Waals surface area contributed by atoms with E-state index in [2.05, 4.69) is 28.2 Å². The quantitative estimate of drug-likeness (QED) is 0.641. The molecule has 0 aromatic heterocycles. The number of rotatable bonds is 5. The summed E-state index contributed by atoms with van der Waals surface area (Å²) in [5.74, 6) is 0.0253. The van der Waals surface area contributed by atoms with Crippen molar-refractivity contribution >= 4 is 58.7 Å². The zero-order chi connectivity index (χ0) is 22.2. The van der Waals surface area contributed by atoms with Crippen LogP contribution in [0.4, 0.5) is 10.5 Å². The summed E-state index contributed by atoms with van der Waals surface area (Å²) in [6, 6.07) is 5.52. The molecule has 4 aliphatic rings. The Labute approximate surface area is 202 Å². The third kappa shape index (κ3) is 5.06. The van der Waals surface area contributed by atoms with E-state index in [4.69, 9.17) is 4.74 Å². The van der Waals surface area contributed by atoms with Gasteiger partial charge in [-0.25, -0.2) is 0 Å². The maximum atomic E-state index is 12.6. The van der Waals surface area contributed by atoms with Crippen molar-refractivity contribution in [3.8, 4) is 0 Å². The average Bonchev–Trinajstić information content (AvgIpc) is 3.43. The first kappa shape index (κ1) is 23.7. The topological polar surface area (TPSA) is 91.3 Å². The maximum Gasteiger partial charge on any atom is 0.289 e. The van der Waals surface area contributed by atoms with Crippen molar-refractivity contribution in [1.82, 2.24) is 9.80 Å². The van der Waals surface area contributed by atoms with Crippen LogP contribution in [0.2, 0.25) is 0 Å². The molecular weight excluding hydrogens is 464 g/mol. The number of carbonyl (C=O) groups excluding carboxylic acids is 3. The summed E-state index contributed by atoms with van der Waals surface area (Å²) in [5.41, 5.74) is 3.60. The number of hydrogen-bond acceptors (Lipinski definition) is 7. The molecule has 0 bridgehead atoms. The van der Waals surface area contributed by atoms with Crippen molar-refractivity contribution in [3.05, 3.63) is 47.2 Å². The molecule has 8 nitrogen and oxygen atoms in total. The van der Waals surface area contributed by atoms with E-state index in [-0.39, 0.29) is 53.8 Å². The van der Waals surface area contributed by atoms with E-state index in [0.29, 0.717) is 5.57 Å². The lowest BCUT2D eigenvalue weighted by Gasteiger charge is -2.31. The number of nitrogens with one attached hydrogen (secondary N) is 1. The first-order chi connectivity index (χ1) is 15.5. The Bertz CT molecular complexity index is 1070. The van der Waals surface area contributed by atoms with E-state index in [1.165, 1.54) is 4.90 Å². The standard InChI is InChI=1S/C23H24N4O4S.ClH/c1-14-10-26(4-5-31-14)11-16-6-17(24-9-16)8-19-18-7-15(2-3-20(18)25-22(19)29)12-27-21(28)13-32-23(27)30;/h2-3,6-9,14,16H,4-5,10-13H2,1H3,(H,25,29);1H. The van der Waals surface area contributed by atoms with Gasteiger partial charge in [-0.15, -0.1) is 12.4 Å². The Kier molecular flexibility index (Phi) is 7.04. The van der Waals surface area contributed by atoms with Crippen LogP contribution in [0.3, 0.4) is 0 Å². The molecule has 0 aliphatic carbocycles. The molecular formula is C23H25ClN4O4S. The highest BCUT2D eigenvalue weighted by atomic mass is 35.5. The second kappa shape index (κ2) is 9.80. The Hall–Kier alpha value is -2.46. The van der Waals surface area contributed by atoms with Gasteiger partial charge < -0.3 is 10.1 Å². The number of aliphatic imine (C=N–C) groups is 1. The lowest BCUT2D eigenvalue weighted by molar-refractivity contribution is -0.125. The lowest BCUT2D eigenvalue weighted by Crippen LogP contribution is -2.43. The SMILES string of the molecule is CC1CN(CC2C=NC(C=C3C(=O)Nc4ccc(CN5C(=O)CSC5=O)cc43)=C2)CCO1.Cl. The van der Waals surface area contributed by atoms with Crippen LogP contribution in [-0.4, -0.2) is 71.2 Å². The highest BCUT2D eigenvalue weighted by molar-refractivity contribution is 8.14. The van der Waals surface area contributed by atoms with E-state index in [1.54, 1.807) is 0 Å². The maximum absolute atomic E-state index is 12.6. The van der Waals surface area contributed by atoms with Crippen molar-refractivity contribution in [1.29, 1.82) is 0 Å². The number of fused-ring (bicyclic) bond motifs is 1. The van der Waals surface area contributed by atoms with Crippen LogP contribution in [0.5, 0.6) is 0 Å². The molecule has 1 aromatic rings. The van der Waals surface area contributed by atoms with Crippen LogP contribution in [0, 0.1) is 5.92 Å². The molecule has 3 amide bonds. The zero-order valence-corrected chi connectivity index (χ0v) is 19.8. The van der Waals surface area contributed by atoms with Gasteiger partial charge in [0.2, 0.25) is 5.91 Å². The monoisotopic (exact) mass is 488 g/mol. The number of ether oxygens (including phenoxy) is 1. The average molecular weight is 489 g/mol. The van der Waals surface area contributed by atoms with Crippen LogP contribution < -0.4 is 5.32 Å². The van der Waals surface area contributed by atoms with Crippen molar-refractivity contribution in [2.75, 3.05) is 37.3 Å². The minimum atomic E-state index is -0.230. The second-order valence-corrected chi connectivity index (χ2v) is 9.33. The third-order valence-electron chi connectivity index (χ3n) is 5.93. The Morgan fingerprint density at radius 3 is 2.91 bits per heavy atom. The molecule has 5 rings (SSSR count). The number of imide groups is 1. The number of halogens is 1. The van der Waals surface area contributed by atoms with Crippen LogP contribution in [0.1, 0.15) is 18.1 Å². The summed E-state index contributed by atoms with van der Waals surface area (Å²) in [5, 5.41) is 2.65. The fourth-order valence-corrected chi connectivity index (χ4v) is 5.09. The predicted octanol–water partition coefficient (Wildman–Crippen LogP) is 2.94. The van der Waals surface area contributed by atoms with Crippen LogP contribution in [0.15, 0.2) is 41.0 Å². The fraction of sp³-hybridized carbons (Fsp3) is 0.391. The number of benzene rings is 1. The van der Waals surface area contributed by atoms with E-state index >= 15 is 0 Å². The third-order valence-corrected chi connectivity index (χ3v) is 6.79. The second-order valence-electron chi connectivity index (χ2n) is 8.40. The highest BCUT2D eigenvalue weighted by Gasteiger charge is 2.31. The van der Waals surface area contributed by atoms with Crippen molar-refractivity contribution in [2.24, 2.45) is 10.9 Å². The number of morpholine rings is 1. The molecule has 4 heterocycles. The smallest absolute Gasteiger partial charge is 0.289 e. The largest absolute Gasteiger partial charge is 0.376 e. The normalized spacial score (nSPS) is 26.0. The van der Waals surface area contributed by atoms with Crippen LogP contribution in [-0.2, 0) is 20.9 Å². The summed E-state index contributed by atoms with van der Waals surface area (Å²) in [4.78, 5) is 44.6. The molecule has 2 saturated heterocycles. The zero-order valence-electron chi connectivity index (χ0n) is 18.2. The molecule has 2 atom stereocenters. The molecule has 0 saturated carbocycles. The molecule has 1 N–H and O–H groups in total. The Morgan fingerprint density at radius 2 is 2.15 bits per heavy atom. The minimum absolute atomic E-state index is 0. The van der Waals surface area contributed by atoms with Crippen molar-refractivity contribution in [3.63, 3.8) is 0 Å². The summed E-state index contributed by atoms with van der Waals surface area (Å²) in [6.45, 7) is 5.75. The van der Waals surface area contributed by atoms with E-state index in [0.717, 1.165) is 60.5 Å². The van der Waals surface area contributed by atoms with Gasteiger partial charge in [0.1, 0.15) is 0 Å². The van der Waals surface area contributed by atoms with E-state index < -0.39 is 0 Å². The Balaban J connectivity index is 0.00000259. The van der Waals surface area contributed by atoms with Gasteiger partial charge >= 0.3 is 0 Å². The number of thioether (sulfide) groups is 1. The van der Waals surface area contributed by atoms with Crippen molar-refractivity contribution < 1.29 is 19.1 Å². The number of nitrogens with zero attached hydrogens (tertiary/aromatic N) is 3.